The number of carbonyl (C=O) groups is 1. The van der Waals surface area contributed by atoms with Gasteiger partial charge in [-0.25, -0.2) is 12.7 Å². The Morgan fingerprint density at radius 3 is 2.70 bits per heavy atom. The predicted octanol–water partition coefficient (Wildman–Crippen LogP) is -0.357. The summed E-state index contributed by atoms with van der Waals surface area (Å²) in [6.07, 6.45) is 6.15. The fourth-order valence-corrected chi connectivity index (χ4v) is 3.60. The third-order valence-corrected chi connectivity index (χ3v) is 5.08. The molecule has 0 aromatic carbocycles. The Labute approximate surface area is 143 Å². The summed E-state index contributed by atoms with van der Waals surface area (Å²) in [6, 6.07) is -0.661. The summed E-state index contributed by atoms with van der Waals surface area (Å²) in [5.41, 5.74) is 0.776. The molecule has 0 saturated carbocycles. The van der Waals surface area contributed by atoms with E-state index < -0.39 is 16.1 Å². The molecule has 8 nitrogen and oxygen atoms in total. The van der Waals surface area contributed by atoms with E-state index in [2.05, 4.69) is 15.7 Å². The molecule has 2 N–H and O–H groups in total. The summed E-state index contributed by atoms with van der Waals surface area (Å²) in [7, 11) is 0.284. The van der Waals surface area contributed by atoms with Crippen molar-refractivity contribution in [2.24, 2.45) is 7.05 Å². The van der Waals surface area contributed by atoms with Gasteiger partial charge >= 0.3 is 0 Å². The molecule has 1 aliphatic rings. The molecule has 2 unspecified atom stereocenters. The molecule has 23 heavy (non-hydrogen) atoms. The van der Waals surface area contributed by atoms with Crippen LogP contribution in [0.25, 0.3) is 0 Å². The summed E-state index contributed by atoms with van der Waals surface area (Å²) in [6.45, 7) is 0.845. The third-order valence-electron chi connectivity index (χ3n) is 3.81. The van der Waals surface area contributed by atoms with Crippen molar-refractivity contribution in [3.63, 3.8) is 0 Å². The molecule has 0 spiro atoms. The predicted molar refractivity (Wildman–Crippen MR) is 89.8 cm³/mol. The molecular formula is C13H24ClN5O3S. The molecule has 132 valence electrons. The maximum Gasteiger partial charge on any atom is 0.242 e. The van der Waals surface area contributed by atoms with Gasteiger partial charge in [0.1, 0.15) is 6.04 Å². The number of carbonyl (C=O) groups excluding carboxylic acids is 1. The van der Waals surface area contributed by atoms with E-state index in [1.807, 2.05) is 0 Å². The Balaban J connectivity index is 0.00000264. The minimum Gasteiger partial charge on any atom is -0.350 e. The van der Waals surface area contributed by atoms with Gasteiger partial charge in [-0.1, -0.05) is 0 Å². The van der Waals surface area contributed by atoms with Crippen LogP contribution in [0.5, 0.6) is 0 Å². The number of amides is 1. The SMILES string of the molecule is CNC(C(=O)NC1CCCN(S(C)(=O)=O)C1)c1cnn(C)c1.Cl. The van der Waals surface area contributed by atoms with Gasteiger partial charge in [0.15, 0.2) is 0 Å². The van der Waals surface area contributed by atoms with Gasteiger partial charge in [0.25, 0.3) is 0 Å². The van der Waals surface area contributed by atoms with Crippen LogP contribution in [0.15, 0.2) is 12.4 Å². The van der Waals surface area contributed by atoms with Gasteiger partial charge < -0.3 is 10.6 Å². The largest absolute Gasteiger partial charge is 0.350 e. The number of nitrogens with zero attached hydrogens (tertiary/aromatic N) is 3. The molecule has 0 bridgehead atoms. The fraction of sp³-hybridized carbons (Fsp3) is 0.692. The molecule has 1 aliphatic heterocycles. The fourth-order valence-electron chi connectivity index (χ4n) is 2.68. The topological polar surface area (TPSA) is 96.3 Å². The van der Waals surface area contributed by atoms with Crippen LogP contribution in [0.3, 0.4) is 0 Å². The van der Waals surface area contributed by atoms with Crippen LogP contribution < -0.4 is 10.6 Å². The average Bonchev–Trinajstić information content (AvgIpc) is 2.85. The molecule has 2 rings (SSSR count). The molecule has 1 saturated heterocycles. The number of hydrogen-bond donors (Lipinski definition) is 2. The highest BCUT2D eigenvalue weighted by Gasteiger charge is 2.29. The molecule has 2 atom stereocenters. The molecule has 1 amide bonds. The molecule has 0 aliphatic carbocycles. The van der Waals surface area contributed by atoms with Gasteiger partial charge in [0.2, 0.25) is 15.9 Å². The zero-order chi connectivity index (χ0) is 16.3. The van der Waals surface area contributed by atoms with Gasteiger partial charge in [-0.3, -0.25) is 9.48 Å². The Bertz CT molecular complexity index is 633. The average molecular weight is 366 g/mol. The first-order chi connectivity index (χ1) is 10.3. The van der Waals surface area contributed by atoms with Crippen molar-refractivity contribution < 1.29 is 13.2 Å². The lowest BCUT2D eigenvalue weighted by Crippen LogP contribution is -2.51. The Hall–Kier alpha value is -1.16. The summed E-state index contributed by atoms with van der Waals surface area (Å²) >= 11 is 0. The number of aryl methyl sites for hydroxylation is 1. The number of piperidine rings is 1. The highest BCUT2D eigenvalue weighted by atomic mass is 35.5. The second-order valence-corrected chi connectivity index (χ2v) is 7.62. The maximum atomic E-state index is 12.4. The molecule has 1 aromatic rings. The first-order valence-corrected chi connectivity index (χ1v) is 9.07. The number of halogens is 1. The van der Waals surface area contributed by atoms with Crippen molar-refractivity contribution in [3.05, 3.63) is 18.0 Å². The van der Waals surface area contributed by atoms with E-state index in [9.17, 15) is 13.2 Å². The standard InChI is InChI=1S/C13H23N5O3S.ClH/c1-14-12(10-7-15-17(2)8-10)13(19)16-11-5-4-6-18(9-11)22(3,20)21;/h7-8,11-12,14H,4-6,9H2,1-3H3,(H,16,19);1H. The van der Waals surface area contributed by atoms with Crippen LogP contribution in [-0.2, 0) is 21.9 Å². The monoisotopic (exact) mass is 365 g/mol. The van der Waals surface area contributed by atoms with E-state index in [0.29, 0.717) is 13.1 Å². The van der Waals surface area contributed by atoms with E-state index in [-0.39, 0.29) is 24.4 Å². The molecule has 1 aromatic heterocycles. The van der Waals surface area contributed by atoms with Gasteiger partial charge in [0, 0.05) is 37.9 Å². The minimum absolute atomic E-state index is 0. The highest BCUT2D eigenvalue weighted by molar-refractivity contribution is 7.88. The third kappa shape index (κ3) is 5.17. The van der Waals surface area contributed by atoms with Crippen LogP contribution in [0, 0.1) is 0 Å². The number of rotatable bonds is 5. The quantitative estimate of drug-likeness (QED) is 0.743. The number of hydrogen-bond acceptors (Lipinski definition) is 5. The Morgan fingerprint density at radius 1 is 1.48 bits per heavy atom. The summed E-state index contributed by atoms with van der Waals surface area (Å²) in [5, 5.41) is 9.97. The van der Waals surface area contributed by atoms with Gasteiger partial charge in [-0.2, -0.15) is 5.10 Å². The van der Waals surface area contributed by atoms with Crippen molar-refractivity contribution in [1.29, 1.82) is 0 Å². The lowest BCUT2D eigenvalue weighted by atomic mass is 10.1. The Kier molecular flexibility index (Phi) is 7.00. The van der Waals surface area contributed by atoms with Crippen molar-refractivity contribution in [2.75, 3.05) is 26.4 Å². The zero-order valence-corrected chi connectivity index (χ0v) is 15.2. The van der Waals surface area contributed by atoms with Crippen molar-refractivity contribution in [3.8, 4) is 0 Å². The molecule has 1 fully saturated rings. The number of likely N-dealkylation sites (N-methyl/N-ethyl adjacent to an activating group) is 1. The van der Waals surface area contributed by atoms with Crippen LogP contribution in [0.1, 0.15) is 24.4 Å². The number of sulfonamides is 1. The lowest BCUT2D eigenvalue weighted by molar-refractivity contribution is -0.124. The second-order valence-electron chi connectivity index (χ2n) is 5.64. The van der Waals surface area contributed by atoms with E-state index in [1.165, 1.54) is 10.6 Å². The molecule has 2 heterocycles. The zero-order valence-electron chi connectivity index (χ0n) is 13.5. The van der Waals surface area contributed by atoms with Crippen molar-refractivity contribution >= 4 is 28.3 Å². The maximum absolute atomic E-state index is 12.4. The minimum atomic E-state index is -3.22. The summed E-state index contributed by atoms with van der Waals surface area (Å²) in [4.78, 5) is 12.4. The Morgan fingerprint density at radius 2 is 2.17 bits per heavy atom. The summed E-state index contributed by atoms with van der Waals surface area (Å²) in [5.74, 6) is -0.171. The first-order valence-electron chi connectivity index (χ1n) is 7.22. The van der Waals surface area contributed by atoms with E-state index in [0.717, 1.165) is 18.4 Å². The van der Waals surface area contributed by atoms with Crippen LogP contribution in [0.4, 0.5) is 0 Å². The van der Waals surface area contributed by atoms with Crippen LogP contribution >= 0.6 is 12.4 Å². The molecular weight excluding hydrogens is 342 g/mol. The number of nitrogens with one attached hydrogen (secondary N) is 2. The van der Waals surface area contributed by atoms with Crippen LogP contribution in [-0.4, -0.2) is 60.8 Å². The molecule has 0 radical (unpaired) electrons. The lowest BCUT2D eigenvalue weighted by Gasteiger charge is -2.32. The van der Waals surface area contributed by atoms with E-state index >= 15 is 0 Å². The van der Waals surface area contributed by atoms with Crippen LogP contribution in [0.2, 0.25) is 0 Å². The van der Waals surface area contributed by atoms with Crippen molar-refractivity contribution in [1.82, 2.24) is 24.7 Å². The van der Waals surface area contributed by atoms with Crippen molar-refractivity contribution in [2.45, 2.75) is 24.9 Å². The molecule has 10 heteroatoms. The smallest absolute Gasteiger partial charge is 0.242 e. The van der Waals surface area contributed by atoms with Gasteiger partial charge in [0.05, 0.1) is 12.5 Å². The second kappa shape index (κ2) is 8.09. The van der Waals surface area contributed by atoms with Gasteiger partial charge in [-0.05, 0) is 19.9 Å². The van der Waals surface area contributed by atoms with E-state index in [1.54, 1.807) is 31.2 Å². The highest BCUT2D eigenvalue weighted by Crippen LogP contribution is 2.16. The van der Waals surface area contributed by atoms with Gasteiger partial charge in [-0.15, -0.1) is 12.4 Å². The van der Waals surface area contributed by atoms with E-state index in [4.69, 9.17) is 0 Å². The first kappa shape index (κ1) is 19.9. The summed E-state index contributed by atoms with van der Waals surface area (Å²) < 4.78 is 26.3. The number of aromatic nitrogens is 2. The normalized spacial score (nSPS) is 20.6.